The van der Waals surface area contributed by atoms with Crippen molar-refractivity contribution in [3.05, 3.63) is 76.3 Å². The van der Waals surface area contributed by atoms with Gasteiger partial charge >= 0.3 is 0 Å². The molecule has 0 heterocycles. The summed E-state index contributed by atoms with van der Waals surface area (Å²) in [7, 11) is -2.58. The molecule has 0 spiro atoms. The van der Waals surface area contributed by atoms with E-state index in [0.717, 1.165) is 15.1 Å². The number of carbonyl (C=O) groups is 1. The first-order valence-electron chi connectivity index (χ1n) is 8.69. The van der Waals surface area contributed by atoms with Gasteiger partial charge in [0.15, 0.2) is 0 Å². The number of nitro groups is 1. The predicted octanol–water partition coefficient (Wildman–Crippen LogP) is 3.32. The second kappa shape index (κ2) is 7.98. The molecule has 0 aromatic heterocycles. The van der Waals surface area contributed by atoms with Crippen LogP contribution >= 0.6 is 0 Å². The van der Waals surface area contributed by atoms with E-state index >= 15 is 0 Å². The molecule has 0 saturated carbocycles. The Morgan fingerprint density at radius 2 is 1.76 bits per heavy atom. The molecular weight excluding hydrogens is 394 g/mol. The van der Waals surface area contributed by atoms with Gasteiger partial charge in [-0.15, -0.1) is 0 Å². The zero-order chi connectivity index (χ0) is 21.2. The van der Waals surface area contributed by atoms with Crippen LogP contribution in [-0.4, -0.2) is 37.1 Å². The summed E-state index contributed by atoms with van der Waals surface area (Å²) >= 11 is 0. The third kappa shape index (κ3) is 4.25. The highest BCUT2D eigenvalue weighted by molar-refractivity contribution is 7.89. The first-order valence-corrected chi connectivity index (χ1v) is 10.1. The zero-order valence-corrected chi connectivity index (χ0v) is 16.6. The van der Waals surface area contributed by atoms with Gasteiger partial charge in [0.2, 0.25) is 15.9 Å². The second-order valence-corrected chi connectivity index (χ2v) is 8.57. The number of benzene rings is 3. The van der Waals surface area contributed by atoms with Crippen LogP contribution in [0.1, 0.15) is 5.56 Å². The van der Waals surface area contributed by atoms with Crippen LogP contribution in [0.2, 0.25) is 0 Å². The van der Waals surface area contributed by atoms with Gasteiger partial charge in [0, 0.05) is 13.1 Å². The lowest BCUT2D eigenvalue weighted by Crippen LogP contribution is -2.35. The molecule has 0 saturated heterocycles. The van der Waals surface area contributed by atoms with Crippen LogP contribution in [-0.2, 0) is 14.8 Å². The van der Waals surface area contributed by atoms with Gasteiger partial charge in [-0.3, -0.25) is 14.9 Å². The molecule has 3 aromatic rings. The van der Waals surface area contributed by atoms with E-state index < -0.39 is 27.4 Å². The Hall–Kier alpha value is -3.30. The monoisotopic (exact) mass is 413 g/mol. The largest absolute Gasteiger partial charge is 0.324 e. The summed E-state index contributed by atoms with van der Waals surface area (Å²) in [5, 5.41) is 15.3. The number of nitrogens with zero attached hydrogens (tertiary/aromatic N) is 2. The first-order chi connectivity index (χ1) is 13.7. The molecule has 0 bridgehead atoms. The number of carbonyl (C=O) groups excluding carboxylic acids is 1. The minimum absolute atomic E-state index is 0.0815. The van der Waals surface area contributed by atoms with E-state index in [0.29, 0.717) is 5.56 Å². The maximum absolute atomic E-state index is 12.8. The standard InChI is InChI=1S/C20H19N3O5S/c1-14-18(8-5-9-19(14)23(25)26)21-20(24)13-22(2)29(27,28)17-11-10-15-6-3-4-7-16(15)12-17/h3-12H,13H2,1-2H3,(H,21,24). The molecule has 0 radical (unpaired) electrons. The molecule has 0 aliphatic carbocycles. The highest BCUT2D eigenvalue weighted by Crippen LogP contribution is 2.25. The molecule has 0 aliphatic rings. The van der Waals surface area contributed by atoms with Crippen molar-refractivity contribution < 1.29 is 18.1 Å². The number of nitrogens with one attached hydrogen (secondary N) is 1. The molecule has 0 fully saturated rings. The second-order valence-electron chi connectivity index (χ2n) is 6.53. The summed E-state index contributed by atoms with van der Waals surface area (Å²) in [4.78, 5) is 22.9. The Kier molecular flexibility index (Phi) is 5.62. The highest BCUT2D eigenvalue weighted by atomic mass is 32.2. The SMILES string of the molecule is Cc1c(NC(=O)CN(C)S(=O)(=O)c2ccc3ccccc3c2)cccc1[N+](=O)[O-]. The van der Waals surface area contributed by atoms with Crippen molar-refractivity contribution in [3.8, 4) is 0 Å². The van der Waals surface area contributed by atoms with Crippen molar-refractivity contribution >= 4 is 38.1 Å². The fourth-order valence-corrected chi connectivity index (χ4v) is 4.10. The highest BCUT2D eigenvalue weighted by Gasteiger charge is 2.24. The van der Waals surface area contributed by atoms with Gasteiger partial charge in [0.05, 0.1) is 27.6 Å². The van der Waals surface area contributed by atoms with Crippen molar-refractivity contribution in [1.82, 2.24) is 4.31 Å². The smallest absolute Gasteiger partial charge is 0.274 e. The Balaban J connectivity index is 1.78. The van der Waals surface area contributed by atoms with Crippen molar-refractivity contribution in [2.75, 3.05) is 18.9 Å². The third-order valence-electron chi connectivity index (χ3n) is 4.57. The van der Waals surface area contributed by atoms with Gasteiger partial charge in [-0.2, -0.15) is 4.31 Å². The summed E-state index contributed by atoms with van der Waals surface area (Å²) in [6.07, 6.45) is 0. The van der Waals surface area contributed by atoms with Crippen LogP contribution in [0.5, 0.6) is 0 Å². The number of sulfonamides is 1. The summed E-state index contributed by atoms with van der Waals surface area (Å²) in [5.74, 6) is -0.597. The van der Waals surface area contributed by atoms with Gasteiger partial charge < -0.3 is 5.32 Å². The number of fused-ring (bicyclic) bond motifs is 1. The number of likely N-dealkylation sites (N-methyl/N-ethyl adjacent to an activating group) is 1. The molecule has 1 amide bonds. The maximum Gasteiger partial charge on any atom is 0.274 e. The minimum atomic E-state index is -3.89. The van der Waals surface area contributed by atoms with Gasteiger partial charge in [-0.25, -0.2) is 8.42 Å². The van der Waals surface area contributed by atoms with E-state index in [4.69, 9.17) is 0 Å². The fraction of sp³-hybridized carbons (Fsp3) is 0.150. The molecule has 0 aliphatic heterocycles. The van der Waals surface area contributed by atoms with Crippen LogP contribution in [0.3, 0.4) is 0 Å². The van der Waals surface area contributed by atoms with E-state index in [1.165, 1.54) is 38.2 Å². The van der Waals surface area contributed by atoms with E-state index in [1.807, 2.05) is 24.3 Å². The van der Waals surface area contributed by atoms with Crippen LogP contribution in [0.15, 0.2) is 65.6 Å². The molecule has 0 atom stereocenters. The average molecular weight is 413 g/mol. The van der Waals surface area contributed by atoms with Crippen molar-refractivity contribution in [3.63, 3.8) is 0 Å². The molecule has 3 rings (SSSR count). The van der Waals surface area contributed by atoms with E-state index in [9.17, 15) is 23.3 Å². The molecule has 8 nitrogen and oxygen atoms in total. The lowest BCUT2D eigenvalue weighted by Gasteiger charge is -2.17. The summed E-state index contributed by atoms with van der Waals surface area (Å²) in [6, 6.07) is 16.5. The molecule has 3 aromatic carbocycles. The lowest BCUT2D eigenvalue weighted by molar-refractivity contribution is -0.385. The van der Waals surface area contributed by atoms with Gasteiger partial charge in [-0.1, -0.05) is 36.4 Å². The fourth-order valence-electron chi connectivity index (χ4n) is 2.94. The molecule has 1 N–H and O–H groups in total. The van der Waals surface area contributed by atoms with Gasteiger partial charge in [0.25, 0.3) is 5.69 Å². The van der Waals surface area contributed by atoms with Crippen molar-refractivity contribution in [2.45, 2.75) is 11.8 Å². The number of rotatable bonds is 6. The predicted molar refractivity (Wildman–Crippen MR) is 110 cm³/mol. The quantitative estimate of drug-likeness (QED) is 0.492. The van der Waals surface area contributed by atoms with Gasteiger partial charge in [0.1, 0.15) is 0 Å². The molecule has 0 unspecified atom stereocenters. The Morgan fingerprint density at radius 3 is 2.45 bits per heavy atom. The van der Waals surface area contributed by atoms with E-state index in [-0.39, 0.29) is 16.3 Å². The van der Waals surface area contributed by atoms with Crippen LogP contribution in [0.25, 0.3) is 10.8 Å². The number of nitro benzene ring substituents is 1. The maximum atomic E-state index is 12.8. The molecular formula is C20H19N3O5S. The molecule has 150 valence electrons. The van der Waals surface area contributed by atoms with Gasteiger partial charge in [-0.05, 0) is 35.9 Å². The minimum Gasteiger partial charge on any atom is -0.324 e. The number of anilines is 1. The normalized spacial score (nSPS) is 11.6. The average Bonchev–Trinajstić information content (AvgIpc) is 2.68. The van der Waals surface area contributed by atoms with E-state index in [1.54, 1.807) is 12.1 Å². The Labute approximate surface area is 168 Å². The number of amides is 1. The number of hydrogen-bond donors (Lipinski definition) is 1. The Morgan fingerprint density at radius 1 is 1.07 bits per heavy atom. The summed E-state index contributed by atoms with van der Waals surface area (Å²) < 4.78 is 26.6. The van der Waals surface area contributed by atoms with Crippen LogP contribution in [0.4, 0.5) is 11.4 Å². The van der Waals surface area contributed by atoms with Crippen molar-refractivity contribution in [2.24, 2.45) is 0 Å². The van der Waals surface area contributed by atoms with Crippen LogP contribution in [0, 0.1) is 17.0 Å². The summed E-state index contributed by atoms with van der Waals surface area (Å²) in [6.45, 7) is 1.08. The third-order valence-corrected chi connectivity index (χ3v) is 6.37. The number of hydrogen-bond acceptors (Lipinski definition) is 5. The molecule has 9 heteroatoms. The zero-order valence-electron chi connectivity index (χ0n) is 15.8. The molecule has 29 heavy (non-hydrogen) atoms. The van der Waals surface area contributed by atoms with Crippen LogP contribution < -0.4 is 5.32 Å². The van der Waals surface area contributed by atoms with Crippen molar-refractivity contribution in [1.29, 1.82) is 0 Å². The lowest BCUT2D eigenvalue weighted by atomic mass is 10.1. The Bertz CT molecular complexity index is 1210. The summed E-state index contributed by atoms with van der Waals surface area (Å²) in [5.41, 5.74) is 0.437. The topological polar surface area (TPSA) is 110 Å². The van der Waals surface area contributed by atoms with E-state index in [2.05, 4.69) is 5.32 Å². The first kappa shape index (κ1) is 20.4.